The fourth-order valence-electron chi connectivity index (χ4n) is 0.675. The minimum Gasteiger partial charge on any atom is -0.365 e. The Bertz CT molecular complexity index is 79.0. The molecule has 0 aliphatic carbocycles. The average Bonchev–Trinajstić information content (AvgIpc) is 1.86. The summed E-state index contributed by atoms with van der Waals surface area (Å²) in [4.78, 5) is 0. The lowest BCUT2D eigenvalue weighted by Crippen LogP contribution is -2.34. The summed E-state index contributed by atoms with van der Waals surface area (Å²) in [7, 11) is 0. The van der Waals surface area contributed by atoms with Crippen molar-refractivity contribution in [2.45, 2.75) is 39.4 Å². The molecule has 1 atom stereocenters. The highest BCUT2D eigenvalue weighted by Crippen LogP contribution is 2.19. The van der Waals surface area contributed by atoms with Crippen molar-refractivity contribution >= 4 is 0 Å². The highest BCUT2D eigenvalue weighted by Gasteiger charge is 2.26. The van der Waals surface area contributed by atoms with Gasteiger partial charge in [0.2, 0.25) is 0 Å². The van der Waals surface area contributed by atoms with Crippen molar-refractivity contribution in [3.8, 4) is 0 Å². The predicted octanol–water partition coefficient (Wildman–Crippen LogP) is 1.12. The molecule has 0 aliphatic rings. The first kappa shape index (κ1) is 8.92. The number of rotatable bonds is 3. The molecule has 0 spiro atoms. The predicted molar refractivity (Wildman–Crippen MR) is 36.9 cm³/mol. The molecule has 0 aliphatic heterocycles. The summed E-state index contributed by atoms with van der Waals surface area (Å²) in [5.41, 5.74) is 0. The number of aliphatic hydroxyl groups is 2. The maximum absolute atomic E-state index is 9.15. The third kappa shape index (κ3) is 2.33. The normalized spacial score (nSPS) is 15.7. The van der Waals surface area contributed by atoms with Gasteiger partial charge in [0, 0.05) is 5.92 Å². The van der Waals surface area contributed by atoms with Crippen LogP contribution in [0.4, 0.5) is 0 Å². The van der Waals surface area contributed by atoms with Gasteiger partial charge in [0.15, 0.2) is 5.79 Å². The van der Waals surface area contributed by atoms with Gasteiger partial charge in [-0.25, -0.2) is 0 Å². The van der Waals surface area contributed by atoms with Gasteiger partial charge in [-0.2, -0.15) is 0 Å². The van der Waals surface area contributed by atoms with Crippen LogP contribution >= 0.6 is 0 Å². The Morgan fingerprint density at radius 3 is 1.89 bits per heavy atom. The summed E-state index contributed by atoms with van der Waals surface area (Å²) in [5.74, 6) is -1.48. The number of hydrogen-bond acceptors (Lipinski definition) is 2. The molecule has 56 valence electrons. The van der Waals surface area contributed by atoms with Gasteiger partial charge in [-0.1, -0.05) is 20.8 Å². The van der Waals surface area contributed by atoms with E-state index in [0.717, 1.165) is 6.42 Å². The van der Waals surface area contributed by atoms with E-state index in [9.17, 15) is 0 Å². The van der Waals surface area contributed by atoms with Gasteiger partial charge in [0.05, 0.1) is 0 Å². The van der Waals surface area contributed by atoms with Gasteiger partial charge >= 0.3 is 0 Å². The summed E-state index contributed by atoms with van der Waals surface area (Å²) < 4.78 is 0. The third-order valence-electron chi connectivity index (χ3n) is 1.92. The van der Waals surface area contributed by atoms with Gasteiger partial charge in [-0.3, -0.25) is 0 Å². The quantitative estimate of drug-likeness (QED) is 0.565. The lowest BCUT2D eigenvalue weighted by Gasteiger charge is -2.25. The van der Waals surface area contributed by atoms with E-state index in [1.54, 1.807) is 6.92 Å². The fraction of sp³-hybridized carbons (Fsp3) is 1.00. The van der Waals surface area contributed by atoms with Crippen molar-refractivity contribution in [3.05, 3.63) is 0 Å². The van der Waals surface area contributed by atoms with Crippen LogP contribution < -0.4 is 0 Å². The molecule has 9 heavy (non-hydrogen) atoms. The minimum atomic E-state index is -1.45. The monoisotopic (exact) mass is 132 g/mol. The Kier molecular flexibility index (Phi) is 3.15. The molecule has 0 bridgehead atoms. The zero-order chi connectivity index (χ0) is 7.49. The Labute approximate surface area is 56.5 Å². The molecule has 0 amide bonds. The Morgan fingerprint density at radius 2 is 1.78 bits per heavy atom. The van der Waals surface area contributed by atoms with Crippen LogP contribution in [0.25, 0.3) is 0 Å². The number of hydrogen-bond donors (Lipinski definition) is 2. The lowest BCUT2D eigenvalue weighted by atomic mass is 9.96. The summed E-state index contributed by atoms with van der Waals surface area (Å²) in [6.45, 7) is 5.55. The zero-order valence-corrected chi connectivity index (χ0v) is 6.39. The van der Waals surface area contributed by atoms with Gasteiger partial charge in [-0.15, -0.1) is 0 Å². The lowest BCUT2D eigenvalue weighted by molar-refractivity contribution is -0.198. The highest BCUT2D eigenvalue weighted by molar-refractivity contribution is 4.68. The van der Waals surface area contributed by atoms with Gasteiger partial charge in [-0.05, 0) is 12.8 Å². The molecule has 0 fully saturated rings. The third-order valence-corrected chi connectivity index (χ3v) is 1.92. The van der Waals surface area contributed by atoms with Crippen molar-refractivity contribution in [3.63, 3.8) is 0 Å². The first-order valence-electron chi connectivity index (χ1n) is 3.49. The minimum absolute atomic E-state index is 0.0255. The highest BCUT2D eigenvalue weighted by atomic mass is 16.5. The van der Waals surface area contributed by atoms with Crippen LogP contribution in [0, 0.1) is 5.92 Å². The van der Waals surface area contributed by atoms with Gasteiger partial charge in [0.1, 0.15) is 0 Å². The van der Waals surface area contributed by atoms with Crippen LogP contribution in [0.5, 0.6) is 0 Å². The molecular weight excluding hydrogens is 116 g/mol. The van der Waals surface area contributed by atoms with E-state index in [1.807, 2.05) is 13.8 Å². The molecule has 0 aromatic heterocycles. The zero-order valence-electron chi connectivity index (χ0n) is 6.39. The SMILES string of the molecule is CC[C@H](C)C(O)(O)CC. The summed E-state index contributed by atoms with van der Waals surface area (Å²) >= 11 is 0. The topological polar surface area (TPSA) is 40.5 Å². The average molecular weight is 132 g/mol. The van der Waals surface area contributed by atoms with Crippen molar-refractivity contribution in [1.29, 1.82) is 0 Å². The molecule has 0 rings (SSSR count). The van der Waals surface area contributed by atoms with Crippen molar-refractivity contribution < 1.29 is 10.2 Å². The maximum atomic E-state index is 9.15. The van der Waals surface area contributed by atoms with Crippen molar-refractivity contribution in [2.24, 2.45) is 5.92 Å². The Balaban J connectivity index is 3.80. The van der Waals surface area contributed by atoms with Gasteiger partial charge in [0.25, 0.3) is 0 Å². The summed E-state index contributed by atoms with van der Waals surface area (Å²) in [6, 6.07) is 0. The van der Waals surface area contributed by atoms with Crippen molar-refractivity contribution in [1.82, 2.24) is 0 Å². The van der Waals surface area contributed by atoms with Crippen LogP contribution in [-0.4, -0.2) is 16.0 Å². The van der Waals surface area contributed by atoms with E-state index in [1.165, 1.54) is 0 Å². The summed E-state index contributed by atoms with van der Waals surface area (Å²) in [6.07, 6.45) is 1.21. The molecule has 0 radical (unpaired) electrons. The second-order valence-corrected chi connectivity index (χ2v) is 2.54. The first-order chi connectivity index (χ1) is 4.04. The van der Waals surface area contributed by atoms with Crippen LogP contribution in [0.1, 0.15) is 33.6 Å². The van der Waals surface area contributed by atoms with E-state index >= 15 is 0 Å². The molecule has 0 aromatic carbocycles. The molecule has 0 unspecified atom stereocenters. The van der Waals surface area contributed by atoms with E-state index in [4.69, 9.17) is 10.2 Å². The standard InChI is InChI=1S/C7H16O2/c1-4-6(3)7(8,9)5-2/h6,8-9H,4-5H2,1-3H3/t6-/m0/s1. The smallest absolute Gasteiger partial charge is 0.164 e. The van der Waals surface area contributed by atoms with E-state index < -0.39 is 5.79 Å². The van der Waals surface area contributed by atoms with Crippen LogP contribution in [-0.2, 0) is 0 Å². The second kappa shape index (κ2) is 3.18. The van der Waals surface area contributed by atoms with Crippen LogP contribution in [0.15, 0.2) is 0 Å². The molecule has 0 heterocycles. The second-order valence-electron chi connectivity index (χ2n) is 2.54. The van der Waals surface area contributed by atoms with Crippen LogP contribution in [0.2, 0.25) is 0 Å². The molecule has 0 saturated heterocycles. The first-order valence-corrected chi connectivity index (χ1v) is 3.49. The molecule has 2 N–H and O–H groups in total. The molecule has 2 heteroatoms. The maximum Gasteiger partial charge on any atom is 0.164 e. The molecule has 2 nitrogen and oxygen atoms in total. The molecule has 0 saturated carbocycles. The Morgan fingerprint density at radius 1 is 1.33 bits per heavy atom. The summed E-state index contributed by atoms with van der Waals surface area (Å²) in [5, 5.41) is 18.3. The van der Waals surface area contributed by atoms with Crippen LogP contribution in [0.3, 0.4) is 0 Å². The molecule has 0 aromatic rings. The fourth-order valence-corrected chi connectivity index (χ4v) is 0.675. The van der Waals surface area contributed by atoms with Crippen molar-refractivity contribution in [2.75, 3.05) is 0 Å². The van der Waals surface area contributed by atoms with E-state index in [0.29, 0.717) is 6.42 Å². The largest absolute Gasteiger partial charge is 0.365 e. The van der Waals surface area contributed by atoms with Gasteiger partial charge < -0.3 is 10.2 Å². The van der Waals surface area contributed by atoms with E-state index in [-0.39, 0.29) is 5.92 Å². The van der Waals surface area contributed by atoms with E-state index in [2.05, 4.69) is 0 Å². The Hall–Kier alpha value is -0.0800. The molecular formula is C7H16O2.